The van der Waals surface area contributed by atoms with E-state index in [0.29, 0.717) is 13.1 Å². The van der Waals surface area contributed by atoms with Gasteiger partial charge in [-0.05, 0) is 68.1 Å². The van der Waals surface area contributed by atoms with Gasteiger partial charge in [0.2, 0.25) is 11.8 Å². The van der Waals surface area contributed by atoms with Gasteiger partial charge < -0.3 is 15.2 Å². The molecule has 2 aromatic carbocycles. The number of nitrogens with zero attached hydrogens (tertiary/aromatic N) is 1. The van der Waals surface area contributed by atoms with Crippen LogP contribution in [0.5, 0.6) is 0 Å². The first-order valence-electron chi connectivity index (χ1n) is 10.1. The predicted molar refractivity (Wildman–Crippen MR) is 116 cm³/mol. The second-order valence-corrected chi connectivity index (χ2v) is 8.08. The highest BCUT2D eigenvalue weighted by atomic mass is 16.2. The van der Waals surface area contributed by atoms with Crippen molar-refractivity contribution < 1.29 is 9.59 Å². The first-order chi connectivity index (χ1) is 13.9. The van der Waals surface area contributed by atoms with Gasteiger partial charge in [-0.2, -0.15) is 0 Å². The fraction of sp³-hybridized carbons (Fsp3) is 0.333. The molecule has 1 aromatic heterocycles. The number of hydrogen-bond acceptors (Lipinski definition) is 2. The van der Waals surface area contributed by atoms with Crippen molar-refractivity contribution in [2.75, 3.05) is 18.0 Å². The molecule has 4 rings (SSSR count). The molecule has 0 saturated carbocycles. The number of aryl methyl sites for hydroxylation is 3. The highest BCUT2D eigenvalue weighted by Crippen LogP contribution is 2.27. The number of nitrogens with one attached hydrogen (secondary N) is 2. The van der Waals surface area contributed by atoms with Gasteiger partial charge in [-0.15, -0.1) is 0 Å². The van der Waals surface area contributed by atoms with Crippen molar-refractivity contribution in [1.29, 1.82) is 0 Å². The molecule has 2 amide bonds. The van der Waals surface area contributed by atoms with Gasteiger partial charge in [-0.1, -0.05) is 17.7 Å². The number of rotatable bonds is 5. The molecule has 0 unspecified atom stereocenters. The van der Waals surface area contributed by atoms with Gasteiger partial charge in [0, 0.05) is 42.3 Å². The molecule has 2 N–H and O–H groups in total. The summed E-state index contributed by atoms with van der Waals surface area (Å²) >= 11 is 0. The van der Waals surface area contributed by atoms with E-state index in [1.54, 1.807) is 4.90 Å². The number of aromatic amines is 1. The SMILES string of the molecule is Cc1ccc2[nH]cc(CCNC(=O)[C@@H]3CC(=O)N(c4ccc(C)c(C)c4)C3)c2c1. The van der Waals surface area contributed by atoms with Crippen molar-refractivity contribution in [1.82, 2.24) is 10.3 Å². The van der Waals surface area contributed by atoms with Gasteiger partial charge in [0.25, 0.3) is 0 Å². The highest BCUT2D eigenvalue weighted by Gasteiger charge is 2.35. The zero-order valence-corrected chi connectivity index (χ0v) is 17.2. The van der Waals surface area contributed by atoms with E-state index >= 15 is 0 Å². The van der Waals surface area contributed by atoms with Crippen molar-refractivity contribution >= 4 is 28.4 Å². The van der Waals surface area contributed by atoms with Crippen LogP contribution in [-0.2, 0) is 16.0 Å². The fourth-order valence-electron chi connectivity index (χ4n) is 3.99. The van der Waals surface area contributed by atoms with Crippen molar-refractivity contribution in [3.8, 4) is 0 Å². The Morgan fingerprint density at radius 1 is 1.14 bits per heavy atom. The van der Waals surface area contributed by atoms with Crippen LogP contribution in [0.1, 0.15) is 28.7 Å². The number of fused-ring (bicyclic) bond motifs is 1. The summed E-state index contributed by atoms with van der Waals surface area (Å²) < 4.78 is 0. The number of carbonyl (C=O) groups excluding carboxylic acids is 2. The zero-order chi connectivity index (χ0) is 20.5. The molecule has 2 heterocycles. The molecule has 0 aliphatic carbocycles. The summed E-state index contributed by atoms with van der Waals surface area (Å²) in [7, 11) is 0. The van der Waals surface area contributed by atoms with Crippen LogP contribution in [0.4, 0.5) is 5.69 Å². The normalized spacial score (nSPS) is 16.6. The van der Waals surface area contributed by atoms with Gasteiger partial charge in [0.1, 0.15) is 0 Å². The lowest BCUT2D eigenvalue weighted by atomic mass is 10.1. The summed E-state index contributed by atoms with van der Waals surface area (Å²) in [4.78, 5) is 30.1. The lowest BCUT2D eigenvalue weighted by Crippen LogP contribution is -2.34. The molecule has 0 radical (unpaired) electrons. The van der Waals surface area contributed by atoms with Gasteiger partial charge >= 0.3 is 0 Å². The van der Waals surface area contributed by atoms with Crippen LogP contribution in [-0.4, -0.2) is 29.9 Å². The molecule has 1 aliphatic heterocycles. The van der Waals surface area contributed by atoms with Crippen molar-refractivity contribution in [3.05, 3.63) is 64.8 Å². The van der Waals surface area contributed by atoms with Gasteiger partial charge in [-0.3, -0.25) is 9.59 Å². The molecule has 3 aromatic rings. The number of H-pyrrole nitrogens is 1. The Hall–Kier alpha value is -3.08. The Bertz CT molecular complexity index is 1080. The minimum Gasteiger partial charge on any atom is -0.361 e. The van der Waals surface area contributed by atoms with E-state index in [1.807, 2.05) is 31.3 Å². The number of anilines is 1. The van der Waals surface area contributed by atoms with Crippen LogP contribution < -0.4 is 10.2 Å². The molecular formula is C24H27N3O2. The van der Waals surface area contributed by atoms with E-state index in [2.05, 4.69) is 42.3 Å². The summed E-state index contributed by atoms with van der Waals surface area (Å²) in [6.07, 6.45) is 3.04. The van der Waals surface area contributed by atoms with Gasteiger partial charge in [0.05, 0.1) is 5.92 Å². The second-order valence-electron chi connectivity index (χ2n) is 8.08. The molecule has 5 heteroatoms. The molecule has 29 heavy (non-hydrogen) atoms. The van der Waals surface area contributed by atoms with E-state index in [-0.39, 0.29) is 24.2 Å². The number of benzene rings is 2. The third kappa shape index (κ3) is 3.90. The summed E-state index contributed by atoms with van der Waals surface area (Å²) in [5.41, 5.74) is 6.76. The lowest BCUT2D eigenvalue weighted by molar-refractivity contribution is -0.126. The van der Waals surface area contributed by atoms with Gasteiger partial charge in [-0.25, -0.2) is 0 Å². The Kier molecular flexibility index (Phi) is 5.14. The summed E-state index contributed by atoms with van der Waals surface area (Å²) in [5.74, 6) is -0.324. The predicted octanol–water partition coefficient (Wildman–Crippen LogP) is 3.80. The maximum atomic E-state index is 12.6. The lowest BCUT2D eigenvalue weighted by Gasteiger charge is -2.18. The molecule has 1 atom stereocenters. The number of amides is 2. The molecule has 0 spiro atoms. The molecule has 0 bridgehead atoms. The molecule has 150 valence electrons. The molecular weight excluding hydrogens is 362 g/mol. The van der Waals surface area contributed by atoms with Crippen molar-refractivity contribution in [3.63, 3.8) is 0 Å². The maximum absolute atomic E-state index is 12.6. The van der Waals surface area contributed by atoms with Crippen LogP contribution in [0.25, 0.3) is 10.9 Å². The van der Waals surface area contributed by atoms with E-state index in [0.717, 1.165) is 23.2 Å². The minimum absolute atomic E-state index is 0.0144. The Morgan fingerprint density at radius 2 is 1.97 bits per heavy atom. The van der Waals surface area contributed by atoms with Crippen LogP contribution in [0.15, 0.2) is 42.6 Å². The largest absolute Gasteiger partial charge is 0.361 e. The Labute approximate surface area is 171 Å². The number of aromatic nitrogens is 1. The van der Waals surface area contributed by atoms with Crippen LogP contribution in [0.3, 0.4) is 0 Å². The van der Waals surface area contributed by atoms with Crippen LogP contribution in [0, 0.1) is 26.7 Å². The van der Waals surface area contributed by atoms with Crippen molar-refractivity contribution in [2.24, 2.45) is 5.92 Å². The fourth-order valence-corrected chi connectivity index (χ4v) is 3.99. The topological polar surface area (TPSA) is 65.2 Å². The van der Waals surface area contributed by atoms with Crippen molar-refractivity contribution in [2.45, 2.75) is 33.6 Å². The maximum Gasteiger partial charge on any atom is 0.227 e. The summed E-state index contributed by atoms with van der Waals surface area (Å²) in [6.45, 7) is 7.18. The molecule has 1 aliphatic rings. The van der Waals surface area contributed by atoms with Crippen LogP contribution in [0.2, 0.25) is 0 Å². The first-order valence-corrected chi connectivity index (χ1v) is 10.1. The average Bonchev–Trinajstić information content (AvgIpc) is 3.27. The monoisotopic (exact) mass is 389 g/mol. The number of hydrogen-bond donors (Lipinski definition) is 2. The second kappa shape index (κ2) is 7.74. The van der Waals surface area contributed by atoms with Gasteiger partial charge in [0.15, 0.2) is 0 Å². The standard InChI is InChI=1S/C24H27N3O2/c1-15-4-7-22-21(10-15)18(13-26-22)8-9-25-24(29)19-12-23(28)27(14-19)20-6-5-16(2)17(3)11-20/h4-7,10-11,13,19,26H,8-9,12,14H2,1-3H3,(H,25,29)/t19-/m1/s1. The Balaban J connectivity index is 1.36. The summed E-state index contributed by atoms with van der Waals surface area (Å²) in [5, 5.41) is 4.23. The van der Waals surface area contributed by atoms with E-state index < -0.39 is 0 Å². The quantitative estimate of drug-likeness (QED) is 0.697. The highest BCUT2D eigenvalue weighted by molar-refractivity contribution is 6.00. The van der Waals surface area contributed by atoms with Crippen LogP contribution >= 0.6 is 0 Å². The zero-order valence-electron chi connectivity index (χ0n) is 17.2. The number of carbonyl (C=O) groups is 2. The average molecular weight is 389 g/mol. The third-order valence-corrected chi connectivity index (χ3v) is 5.91. The first kappa shape index (κ1) is 19.2. The third-order valence-electron chi connectivity index (χ3n) is 5.91. The molecule has 5 nitrogen and oxygen atoms in total. The Morgan fingerprint density at radius 3 is 2.76 bits per heavy atom. The minimum atomic E-state index is -0.297. The molecule has 1 saturated heterocycles. The van der Waals surface area contributed by atoms with E-state index in [4.69, 9.17) is 0 Å². The smallest absolute Gasteiger partial charge is 0.227 e. The molecule has 1 fully saturated rings. The van der Waals surface area contributed by atoms with E-state index in [1.165, 1.54) is 22.1 Å². The van der Waals surface area contributed by atoms with E-state index in [9.17, 15) is 9.59 Å². The summed E-state index contributed by atoms with van der Waals surface area (Å²) in [6, 6.07) is 12.3.